The van der Waals surface area contributed by atoms with E-state index in [-0.39, 0.29) is 24.2 Å². The largest absolute Gasteiger partial charge is 0.393 e. The van der Waals surface area contributed by atoms with Crippen LogP contribution in [0.3, 0.4) is 0 Å². The lowest BCUT2D eigenvalue weighted by atomic mass is 10.1. The third-order valence-electron chi connectivity index (χ3n) is 5.75. The summed E-state index contributed by atoms with van der Waals surface area (Å²) in [5.41, 5.74) is 2.81. The van der Waals surface area contributed by atoms with Crippen LogP contribution < -0.4 is 10.6 Å². The van der Waals surface area contributed by atoms with E-state index in [2.05, 4.69) is 20.6 Å². The number of aliphatic hydroxyl groups excluding tert-OH is 1. The van der Waals surface area contributed by atoms with Gasteiger partial charge in [0.25, 0.3) is 0 Å². The lowest BCUT2D eigenvalue weighted by Crippen LogP contribution is -2.44. The maximum absolute atomic E-state index is 12.8. The number of rotatable bonds is 4. The Hall–Kier alpha value is -2.09. The Morgan fingerprint density at radius 1 is 1.30 bits per heavy atom. The van der Waals surface area contributed by atoms with Gasteiger partial charge in [0.05, 0.1) is 34.4 Å². The fourth-order valence-electron chi connectivity index (χ4n) is 3.96. The summed E-state index contributed by atoms with van der Waals surface area (Å²) in [6.07, 6.45) is 4.71. The van der Waals surface area contributed by atoms with E-state index in [0.29, 0.717) is 41.9 Å². The summed E-state index contributed by atoms with van der Waals surface area (Å²) in [6, 6.07) is 5.19. The van der Waals surface area contributed by atoms with E-state index < -0.39 is 0 Å². The number of anilines is 1. The van der Waals surface area contributed by atoms with Gasteiger partial charge in [-0.15, -0.1) is 0 Å². The first-order chi connectivity index (χ1) is 14.4. The van der Waals surface area contributed by atoms with Crippen molar-refractivity contribution < 1.29 is 9.90 Å². The van der Waals surface area contributed by atoms with Crippen molar-refractivity contribution in [2.75, 3.05) is 11.9 Å². The predicted octanol–water partition coefficient (Wildman–Crippen LogP) is 3.94. The highest BCUT2D eigenvalue weighted by atomic mass is 35.5. The van der Waals surface area contributed by atoms with Crippen LogP contribution in [0.4, 0.5) is 10.7 Å². The highest BCUT2D eigenvalue weighted by Gasteiger charge is 2.26. The summed E-state index contributed by atoms with van der Waals surface area (Å²) in [5, 5.41) is 17.0. The first kappa shape index (κ1) is 21.2. The molecule has 2 heterocycles. The molecular formula is C21H25Cl2N5O2. The zero-order valence-corrected chi connectivity index (χ0v) is 18.2. The molecule has 0 saturated heterocycles. The maximum Gasteiger partial charge on any atom is 0.318 e. The molecule has 4 rings (SSSR count). The molecule has 3 atom stereocenters. The molecule has 1 aliphatic carbocycles. The molecule has 1 saturated carbocycles. The first-order valence-corrected chi connectivity index (χ1v) is 10.9. The van der Waals surface area contributed by atoms with Crippen LogP contribution in [0.25, 0.3) is 0 Å². The van der Waals surface area contributed by atoms with Gasteiger partial charge in [-0.3, -0.25) is 0 Å². The van der Waals surface area contributed by atoms with Crippen molar-refractivity contribution in [1.29, 1.82) is 0 Å². The lowest BCUT2D eigenvalue weighted by Gasteiger charge is -2.29. The number of aliphatic hydroxyl groups is 1. The van der Waals surface area contributed by atoms with E-state index in [9.17, 15) is 9.90 Å². The van der Waals surface area contributed by atoms with Crippen LogP contribution in [0.5, 0.6) is 0 Å². The summed E-state index contributed by atoms with van der Waals surface area (Å²) >= 11 is 12.1. The molecule has 0 spiro atoms. The Balaban J connectivity index is 1.39. The van der Waals surface area contributed by atoms with Crippen LogP contribution >= 0.6 is 23.2 Å². The van der Waals surface area contributed by atoms with Gasteiger partial charge in [-0.05, 0) is 55.9 Å². The number of fused-ring (bicyclic) bond motifs is 1. The molecule has 0 unspecified atom stereocenters. The quantitative estimate of drug-likeness (QED) is 0.657. The Labute approximate surface area is 185 Å². The highest BCUT2D eigenvalue weighted by molar-refractivity contribution is 6.42. The number of nitrogens with one attached hydrogen (secondary N) is 2. The number of aromatic nitrogens is 2. The van der Waals surface area contributed by atoms with Crippen molar-refractivity contribution in [3.8, 4) is 0 Å². The number of urea groups is 1. The Bertz CT molecular complexity index is 942. The summed E-state index contributed by atoms with van der Waals surface area (Å²) in [5.74, 6) is 0.555. The second-order valence-corrected chi connectivity index (χ2v) is 8.80. The van der Waals surface area contributed by atoms with Gasteiger partial charge in [-0.1, -0.05) is 29.3 Å². The topological polar surface area (TPSA) is 90.4 Å². The van der Waals surface area contributed by atoms with Crippen LogP contribution in [-0.2, 0) is 13.0 Å². The fourth-order valence-corrected chi connectivity index (χ4v) is 4.27. The minimum atomic E-state index is -0.253. The van der Waals surface area contributed by atoms with Crippen molar-refractivity contribution >= 4 is 35.2 Å². The standard InChI is InChI=1S/C21H25Cl2N5O2/c1-12(13-2-5-17(22)18(23)8-13)25-21(30)28-7-6-14-10-24-20(27-19(14)11-28)26-15-3-4-16(29)9-15/h2,5,8,10,12,15-16,29H,3-4,6-7,9,11H2,1H3,(H,25,30)(H,24,26,27)/t12-,15+,16+/m1/s1. The number of amides is 2. The van der Waals surface area contributed by atoms with E-state index in [1.54, 1.807) is 17.0 Å². The smallest absolute Gasteiger partial charge is 0.318 e. The van der Waals surface area contributed by atoms with Crippen molar-refractivity contribution in [3.05, 3.63) is 51.3 Å². The molecule has 1 fully saturated rings. The van der Waals surface area contributed by atoms with Crippen LogP contribution in [-0.4, -0.2) is 44.7 Å². The summed E-state index contributed by atoms with van der Waals surface area (Å²) in [7, 11) is 0. The molecule has 9 heteroatoms. The number of carbonyl (C=O) groups is 1. The maximum atomic E-state index is 12.8. The number of carbonyl (C=O) groups excluding carboxylic acids is 1. The van der Waals surface area contributed by atoms with E-state index in [1.165, 1.54) is 0 Å². The van der Waals surface area contributed by atoms with E-state index >= 15 is 0 Å². The van der Waals surface area contributed by atoms with Gasteiger partial charge in [0, 0.05) is 18.8 Å². The normalized spacial score (nSPS) is 21.8. The average Bonchev–Trinajstić information content (AvgIpc) is 3.13. The lowest BCUT2D eigenvalue weighted by molar-refractivity contribution is 0.182. The molecule has 3 N–H and O–H groups in total. The van der Waals surface area contributed by atoms with E-state index in [0.717, 1.165) is 29.7 Å². The predicted molar refractivity (Wildman–Crippen MR) is 117 cm³/mol. The Kier molecular flexibility index (Phi) is 6.32. The van der Waals surface area contributed by atoms with Gasteiger partial charge in [0.1, 0.15) is 0 Å². The van der Waals surface area contributed by atoms with Gasteiger partial charge in [-0.2, -0.15) is 0 Å². The average molecular weight is 450 g/mol. The molecule has 0 radical (unpaired) electrons. The molecule has 2 amide bonds. The molecule has 30 heavy (non-hydrogen) atoms. The number of hydrogen-bond donors (Lipinski definition) is 3. The van der Waals surface area contributed by atoms with Gasteiger partial charge in [0.15, 0.2) is 0 Å². The molecule has 2 aromatic rings. The zero-order chi connectivity index (χ0) is 21.3. The monoisotopic (exact) mass is 449 g/mol. The Morgan fingerprint density at radius 2 is 2.13 bits per heavy atom. The van der Waals surface area contributed by atoms with Crippen LogP contribution in [0.1, 0.15) is 49.0 Å². The molecule has 7 nitrogen and oxygen atoms in total. The molecular weight excluding hydrogens is 425 g/mol. The van der Waals surface area contributed by atoms with Gasteiger partial charge in [0.2, 0.25) is 5.95 Å². The first-order valence-electron chi connectivity index (χ1n) is 10.2. The highest BCUT2D eigenvalue weighted by Crippen LogP contribution is 2.26. The SMILES string of the molecule is C[C@@H](NC(=O)N1CCc2cnc(N[C@H]3CC[C@H](O)C3)nc2C1)c1ccc(Cl)c(Cl)c1. The van der Waals surface area contributed by atoms with E-state index in [4.69, 9.17) is 23.2 Å². The van der Waals surface area contributed by atoms with Crippen molar-refractivity contribution in [3.63, 3.8) is 0 Å². The van der Waals surface area contributed by atoms with Gasteiger partial charge in [-0.25, -0.2) is 14.8 Å². The number of hydrogen-bond acceptors (Lipinski definition) is 5. The minimum Gasteiger partial charge on any atom is -0.393 e. The van der Waals surface area contributed by atoms with Gasteiger partial charge >= 0.3 is 6.03 Å². The zero-order valence-electron chi connectivity index (χ0n) is 16.7. The number of benzene rings is 1. The van der Waals surface area contributed by atoms with E-state index in [1.807, 2.05) is 19.2 Å². The number of nitrogens with zero attached hydrogens (tertiary/aromatic N) is 3. The molecule has 1 aliphatic heterocycles. The summed E-state index contributed by atoms with van der Waals surface area (Å²) in [6.45, 7) is 2.95. The fraction of sp³-hybridized carbons (Fsp3) is 0.476. The third kappa shape index (κ3) is 4.79. The molecule has 1 aromatic heterocycles. The van der Waals surface area contributed by atoms with Crippen LogP contribution in [0.2, 0.25) is 10.0 Å². The Morgan fingerprint density at radius 3 is 2.87 bits per heavy atom. The molecule has 1 aromatic carbocycles. The van der Waals surface area contributed by atoms with Crippen molar-refractivity contribution in [2.24, 2.45) is 0 Å². The van der Waals surface area contributed by atoms with Crippen LogP contribution in [0.15, 0.2) is 24.4 Å². The molecule has 160 valence electrons. The third-order valence-corrected chi connectivity index (χ3v) is 6.49. The summed E-state index contributed by atoms with van der Waals surface area (Å²) < 4.78 is 0. The summed E-state index contributed by atoms with van der Waals surface area (Å²) in [4.78, 5) is 23.6. The second kappa shape index (κ2) is 8.96. The van der Waals surface area contributed by atoms with Gasteiger partial charge < -0.3 is 20.6 Å². The second-order valence-electron chi connectivity index (χ2n) is 7.99. The minimum absolute atomic E-state index is 0.147. The molecule has 0 bridgehead atoms. The molecule has 2 aliphatic rings. The van der Waals surface area contributed by atoms with Crippen LogP contribution in [0, 0.1) is 0 Å². The van der Waals surface area contributed by atoms with Crippen molar-refractivity contribution in [1.82, 2.24) is 20.2 Å². The van der Waals surface area contributed by atoms with Crippen molar-refractivity contribution in [2.45, 2.75) is 57.3 Å². The number of halogens is 2.